The van der Waals surface area contributed by atoms with Crippen LogP contribution in [0.3, 0.4) is 0 Å². The fourth-order valence-electron chi connectivity index (χ4n) is 1.58. The monoisotopic (exact) mass is 331 g/mol. The van der Waals surface area contributed by atoms with Crippen LogP contribution in [0.25, 0.3) is 10.2 Å². The van der Waals surface area contributed by atoms with Gasteiger partial charge in [-0.15, -0.1) is 23.7 Å². The third-order valence-corrected chi connectivity index (χ3v) is 4.71. The van der Waals surface area contributed by atoms with Crippen molar-refractivity contribution in [3.8, 4) is 0 Å². The standard InChI is InChI=1S/C13H17N3OS2.ClH/c1-14-7-4-8-15-12(17)9-18-13-16-10-5-2-3-6-11(10)19-13;/h2-3,5-6,14H,4,7-9H2,1H3,(H,15,17);1H. The highest BCUT2D eigenvalue weighted by Crippen LogP contribution is 2.28. The van der Waals surface area contributed by atoms with Crippen molar-refractivity contribution in [2.45, 2.75) is 10.8 Å². The highest BCUT2D eigenvalue weighted by atomic mass is 35.5. The Bertz CT molecular complexity index is 514. The van der Waals surface area contributed by atoms with E-state index in [0.29, 0.717) is 5.75 Å². The van der Waals surface area contributed by atoms with Crippen LogP contribution in [0.5, 0.6) is 0 Å². The van der Waals surface area contributed by atoms with Gasteiger partial charge in [-0.3, -0.25) is 4.79 Å². The molecule has 0 fully saturated rings. The molecular weight excluding hydrogens is 314 g/mol. The minimum absolute atomic E-state index is 0. The van der Waals surface area contributed by atoms with E-state index in [2.05, 4.69) is 21.7 Å². The Hall–Kier alpha value is -0.820. The van der Waals surface area contributed by atoms with Crippen molar-refractivity contribution in [1.82, 2.24) is 15.6 Å². The van der Waals surface area contributed by atoms with Crippen molar-refractivity contribution in [2.75, 3.05) is 25.9 Å². The van der Waals surface area contributed by atoms with E-state index in [9.17, 15) is 4.79 Å². The third-order valence-electron chi connectivity index (χ3n) is 2.53. The van der Waals surface area contributed by atoms with Gasteiger partial charge in [-0.25, -0.2) is 4.98 Å². The van der Waals surface area contributed by atoms with Crippen LogP contribution in [-0.4, -0.2) is 36.8 Å². The van der Waals surface area contributed by atoms with E-state index < -0.39 is 0 Å². The smallest absolute Gasteiger partial charge is 0.230 e. The number of rotatable bonds is 7. The second-order valence-corrected chi connectivity index (χ2v) is 6.30. The predicted molar refractivity (Wildman–Crippen MR) is 89.1 cm³/mol. The molecule has 0 atom stereocenters. The zero-order valence-corrected chi connectivity index (χ0v) is 13.7. The molecule has 0 aliphatic heterocycles. The molecule has 20 heavy (non-hydrogen) atoms. The van der Waals surface area contributed by atoms with Crippen molar-refractivity contribution >= 4 is 51.6 Å². The van der Waals surface area contributed by atoms with Crippen LogP contribution in [0, 0.1) is 0 Å². The van der Waals surface area contributed by atoms with E-state index >= 15 is 0 Å². The largest absolute Gasteiger partial charge is 0.355 e. The predicted octanol–water partition coefficient (Wildman–Crippen LogP) is 2.54. The van der Waals surface area contributed by atoms with Gasteiger partial charge in [-0.05, 0) is 32.1 Å². The maximum Gasteiger partial charge on any atom is 0.230 e. The maximum atomic E-state index is 11.6. The zero-order valence-electron chi connectivity index (χ0n) is 11.2. The summed E-state index contributed by atoms with van der Waals surface area (Å²) in [5, 5.41) is 5.95. The molecule has 1 amide bonds. The molecule has 0 bridgehead atoms. The van der Waals surface area contributed by atoms with Crippen molar-refractivity contribution in [2.24, 2.45) is 0 Å². The molecule has 1 aromatic carbocycles. The van der Waals surface area contributed by atoms with Crippen LogP contribution < -0.4 is 10.6 Å². The average Bonchev–Trinajstić information content (AvgIpc) is 2.84. The van der Waals surface area contributed by atoms with E-state index in [1.165, 1.54) is 16.5 Å². The number of amides is 1. The van der Waals surface area contributed by atoms with Gasteiger partial charge in [-0.1, -0.05) is 23.9 Å². The number of halogens is 1. The molecule has 1 aromatic heterocycles. The molecule has 4 nitrogen and oxygen atoms in total. The van der Waals surface area contributed by atoms with Gasteiger partial charge in [0.1, 0.15) is 0 Å². The van der Waals surface area contributed by atoms with Gasteiger partial charge in [0, 0.05) is 6.54 Å². The van der Waals surface area contributed by atoms with E-state index in [1.54, 1.807) is 11.3 Å². The lowest BCUT2D eigenvalue weighted by molar-refractivity contribution is -0.118. The van der Waals surface area contributed by atoms with Gasteiger partial charge in [-0.2, -0.15) is 0 Å². The lowest BCUT2D eigenvalue weighted by Gasteiger charge is -2.03. The first kappa shape index (κ1) is 17.2. The molecule has 7 heteroatoms. The fourth-order valence-corrected chi connectivity index (χ4v) is 3.48. The van der Waals surface area contributed by atoms with Crippen LogP contribution in [0.4, 0.5) is 0 Å². The number of nitrogens with zero attached hydrogens (tertiary/aromatic N) is 1. The number of hydrogen-bond acceptors (Lipinski definition) is 5. The Labute approximate surface area is 133 Å². The summed E-state index contributed by atoms with van der Waals surface area (Å²) >= 11 is 3.13. The maximum absolute atomic E-state index is 11.6. The molecule has 2 rings (SSSR count). The lowest BCUT2D eigenvalue weighted by Crippen LogP contribution is -2.27. The molecular formula is C13H18ClN3OS2. The Morgan fingerprint density at radius 1 is 1.35 bits per heavy atom. The third kappa shape index (κ3) is 5.28. The Morgan fingerprint density at radius 2 is 2.15 bits per heavy atom. The summed E-state index contributed by atoms with van der Waals surface area (Å²) in [4.78, 5) is 16.1. The highest BCUT2D eigenvalue weighted by Gasteiger charge is 2.06. The first-order chi connectivity index (χ1) is 9.29. The number of carbonyl (C=O) groups excluding carboxylic acids is 1. The van der Waals surface area contributed by atoms with E-state index in [-0.39, 0.29) is 18.3 Å². The summed E-state index contributed by atoms with van der Waals surface area (Å²) < 4.78 is 2.12. The van der Waals surface area contributed by atoms with Gasteiger partial charge in [0.05, 0.1) is 16.0 Å². The summed E-state index contributed by atoms with van der Waals surface area (Å²) in [6.07, 6.45) is 0.952. The summed E-state index contributed by atoms with van der Waals surface area (Å²) in [6.45, 7) is 1.64. The molecule has 0 saturated carbocycles. The van der Waals surface area contributed by atoms with Crippen LogP contribution in [0.15, 0.2) is 28.6 Å². The molecule has 110 valence electrons. The Balaban J connectivity index is 0.00000200. The number of hydrogen-bond donors (Lipinski definition) is 2. The Kier molecular flexibility index (Phi) is 7.91. The number of nitrogens with one attached hydrogen (secondary N) is 2. The normalized spacial score (nSPS) is 10.2. The summed E-state index contributed by atoms with van der Waals surface area (Å²) in [5.74, 6) is 0.500. The average molecular weight is 332 g/mol. The summed E-state index contributed by atoms with van der Waals surface area (Å²) in [7, 11) is 1.91. The van der Waals surface area contributed by atoms with E-state index in [4.69, 9.17) is 0 Å². The van der Waals surface area contributed by atoms with Crippen molar-refractivity contribution in [3.63, 3.8) is 0 Å². The summed E-state index contributed by atoms with van der Waals surface area (Å²) in [5.41, 5.74) is 1.00. The van der Waals surface area contributed by atoms with Gasteiger partial charge in [0.15, 0.2) is 4.34 Å². The first-order valence-corrected chi connectivity index (χ1v) is 7.99. The zero-order chi connectivity index (χ0) is 13.5. The number of carbonyl (C=O) groups is 1. The molecule has 2 aromatic rings. The van der Waals surface area contributed by atoms with Gasteiger partial charge >= 0.3 is 0 Å². The Morgan fingerprint density at radius 3 is 2.90 bits per heavy atom. The number of benzene rings is 1. The minimum Gasteiger partial charge on any atom is -0.355 e. The molecule has 2 N–H and O–H groups in total. The van der Waals surface area contributed by atoms with E-state index in [0.717, 1.165) is 29.4 Å². The molecule has 0 radical (unpaired) electrons. The van der Waals surface area contributed by atoms with Gasteiger partial charge in [0.2, 0.25) is 5.91 Å². The molecule has 0 aliphatic carbocycles. The number of para-hydroxylation sites is 1. The number of thioether (sulfide) groups is 1. The van der Waals surface area contributed by atoms with Crippen molar-refractivity contribution < 1.29 is 4.79 Å². The number of fused-ring (bicyclic) bond motifs is 1. The van der Waals surface area contributed by atoms with Crippen molar-refractivity contribution in [1.29, 1.82) is 0 Å². The number of aromatic nitrogens is 1. The van der Waals surface area contributed by atoms with Crippen LogP contribution in [-0.2, 0) is 4.79 Å². The highest BCUT2D eigenvalue weighted by molar-refractivity contribution is 8.01. The molecule has 0 saturated heterocycles. The van der Waals surface area contributed by atoms with Gasteiger partial charge < -0.3 is 10.6 Å². The number of thiazole rings is 1. The fraction of sp³-hybridized carbons (Fsp3) is 0.385. The van der Waals surface area contributed by atoms with Crippen molar-refractivity contribution in [3.05, 3.63) is 24.3 Å². The van der Waals surface area contributed by atoms with Crippen LogP contribution in [0.2, 0.25) is 0 Å². The van der Waals surface area contributed by atoms with E-state index in [1.807, 2.05) is 25.2 Å². The minimum atomic E-state index is 0. The van der Waals surface area contributed by atoms with Gasteiger partial charge in [0.25, 0.3) is 0 Å². The lowest BCUT2D eigenvalue weighted by atomic mass is 10.3. The summed E-state index contributed by atoms with van der Waals surface area (Å²) in [6, 6.07) is 8.02. The van der Waals surface area contributed by atoms with Crippen LogP contribution in [0.1, 0.15) is 6.42 Å². The van der Waals surface area contributed by atoms with Crippen LogP contribution >= 0.6 is 35.5 Å². The quantitative estimate of drug-likeness (QED) is 0.604. The first-order valence-electron chi connectivity index (χ1n) is 6.19. The second kappa shape index (κ2) is 9.18. The molecule has 1 heterocycles. The molecule has 0 unspecified atom stereocenters. The SMILES string of the molecule is CNCCCNC(=O)CSc1nc2ccccc2s1.Cl. The second-order valence-electron chi connectivity index (χ2n) is 4.04. The topological polar surface area (TPSA) is 54.0 Å². The molecule has 0 spiro atoms. The molecule has 0 aliphatic rings.